The Bertz CT molecular complexity index is 659. The van der Waals surface area contributed by atoms with Crippen molar-refractivity contribution in [2.24, 2.45) is 11.8 Å². The van der Waals surface area contributed by atoms with Crippen LogP contribution in [0, 0.1) is 17.7 Å². The van der Waals surface area contributed by atoms with Gasteiger partial charge in [0.15, 0.2) is 0 Å². The maximum atomic E-state index is 13.0. The number of nitrogens with zero attached hydrogens (tertiary/aromatic N) is 2. The van der Waals surface area contributed by atoms with E-state index < -0.39 is 0 Å². The van der Waals surface area contributed by atoms with E-state index in [2.05, 4.69) is 17.3 Å². The highest BCUT2D eigenvalue weighted by molar-refractivity contribution is 5.92. The molecule has 0 radical (unpaired) electrons. The summed E-state index contributed by atoms with van der Waals surface area (Å²) in [6.45, 7) is 2.37. The van der Waals surface area contributed by atoms with E-state index in [1.165, 1.54) is 19.2 Å². The van der Waals surface area contributed by atoms with Gasteiger partial charge in [0, 0.05) is 38.5 Å². The van der Waals surface area contributed by atoms with Crippen LogP contribution in [0.15, 0.2) is 24.3 Å². The summed E-state index contributed by atoms with van der Waals surface area (Å²) in [6, 6.07) is 6.20. The first-order chi connectivity index (χ1) is 13.0. The van der Waals surface area contributed by atoms with Gasteiger partial charge in [-0.1, -0.05) is 0 Å². The van der Waals surface area contributed by atoms with Gasteiger partial charge >= 0.3 is 0 Å². The zero-order chi connectivity index (χ0) is 19.4. The molecule has 2 atom stereocenters. The molecule has 0 bridgehead atoms. The van der Waals surface area contributed by atoms with E-state index in [0.29, 0.717) is 17.6 Å². The number of anilines is 1. The number of hydrogen-bond acceptors (Lipinski definition) is 4. The number of amides is 2. The van der Waals surface area contributed by atoms with Gasteiger partial charge in [-0.3, -0.25) is 9.59 Å². The van der Waals surface area contributed by atoms with E-state index in [-0.39, 0.29) is 30.2 Å². The van der Waals surface area contributed by atoms with Crippen molar-refractivity contribution < 1.29 is 18.7 Å². The Labute approximate surface area is 159 Å². The Morgan fingerprint density at radius 3 is 2.52 bits per heavy atom. The van der Waals surface area contributed by atoms with Crippen LogP contribution >= 0.6 is 0 Å². The summed E-state index contributed by atoms with van der Waals surface area (Å²) in [5, 5.41) is 2.89. The van der Waals surface area contributed by atoms with Crippen LogP contribution in [0.3, 0.4) is 0 Å². The molecule has 6 nitrogen and oxygen atoms in total. The lowest BCUT2D eigenvalue weighted by Gasteiger charge is -2.37. The van der Waals surface area contributed by atoms with Gasteiger partial charge in [-0.15, -0.1) is 0 Å². The lowest BCUT2D eigenvalue weighted by molar-refractivity contribution is -0.136. The van der Waals surface area contributed by atoms with Crippen molar-refractivity contribution in [2.45, 2.75) is 25.3 Å². The second-order valence-electron chi connectivity index (χ2n) is 7.59. The topological polar surface area (TPSA) is 61.9 Å². The minimum absolute atomic E-state index is 0.0105. The fourth-order valence-corrected chi connectivity index (χ4v) is 4.30. The van der Waals surface area contributed by atoms with Crippen LogP contribution in [-0.2, 0) is 14.3 Å². The average molecular weight is 377 g/mol. The van der Waals surface area contributed by atoms with Gasteiger partial charge in [0.1, 0.15) is 12.4 Å². The van der Waals surface area contributed by atoms with Crippen molar-refractivity contribution in [1.29, 1.82) is 0 Å². The second kappa shape index (κ2) is 8.80. The first-order valence-electron chi connectivity index (χ1n) is 9.51. The third kappa shape index (κ3) is 4.84. The van der Waals surface area contributed by atoms with E-state index in [0.717, 1.165) is 38.9 Å². The summed E-state index contributed by atoms with van der Waals surface area (Å²) in [6.07, 6.45) is 2.73. The number of ether oxygens (including phenoxy) is 1. The smallest absolute Gasteiger partial charge is 0.248 e. The number of carbonyl (C=O) groups excluding carboxylic acids is 2. The summed E-state index contributed by atoms with van der Waals surface area (Å²) in [7, 11) is 3.60. The molecule has 0 saturated carbocycles. The Hall–Kier alpha value is -1.99. The fourth-order valence-electron chi connectivity index (χ4n) is 4.30. The van der Waals surface area contributed by atoms with E-state index in [1.807, 2.05) is 4.90 Å². The normalized spacial score (nSPS) is 24.2. The van der Waals surface area contributed by atoms with Crippen LogP contribution in [0.25, 0.3) is 0 Å². The molecule has 0 aliphatic carbocycles. The predicted molar refractivity (Wildman–Crippen MR) is 101 cm³/mol. The molecule has 2 aliphatic heterocycles. The van der Waals surface area contributed by atoms with Crippen LogP contribution in [0.5, 0.6) is 0 Å². The molecule has 1 aromatic rings. The Kier molecular flexibility index (Phi) is 6.44. The third-order valence-electron chi connectivity index (χ3n) is 5.79. The van der Waals surface area contributed by atoms with Crippen molar-refractivity contribution in [2.75, 3.05) is 45.7 Å². The standard InChI is InChI=1S/C20H28FN3O3/c1-23-12-15(20(26)22-17-5-3-16(21)4-6-17)11-18(23)14-7-9-24(10-8-14)19(25)13-27-2/h3-6,14-15,18H,7-13H2,1-2H3,(H,22,26). The largest absolute Gasteiger partial charge is 0.375 e. The monoisotopic (exact) mass is 377 g/mol. The number of piperidine rings is 1. The van der Waals surface area contributed by atoms with Crippen LogP contribution < -0.4 is 5.32 Å². The van der Waals surface area contributed by atoms with E-state index in [9.17, 15) is 14.0 Å². The van der Waals surface area contributed by atoms with Gasteiger partial charge in [-0.05, 0) is 56.5 Å². The van der Waals surface area contributed by atoms with Crippen LogP contribution in [0.2, 0.25) is 0 Å². The third-order valence-corrected chi connectivity index (χ3v) is 5.79. The molecule has 1 aromatic carbocycles. The van der Waals surface area contributed by atoms with Crippen molar-refractivity contribution >= 4 is 17.5 Å². The zero-order valence-corrected chi connectivity index (χ0v) is 16.0. The minimum atomic E-state index is -0.316. The number of nitrogens with one attached hydrogen (secondary N) is 1. The molecule has 0 spiro atoms. The molecule has 1 N–H and O–H groups in total. The first-order valence-corrected chi connectivity index (χ1v) is 9.51. The lowest BCUT2D eigenvalue weighted by atomic mass is 9.86. The van der Waals surface area contributed by atoms with E-state index >= 15 is 0 Å². The Morgan fingerprint density at radius 2 is 1.89 bits per heavy atom. The molecule has 2 aliphatic rings. The highest BCUT2D eigenvalue weighted by Crippen LogP contribution is 2.33. The number of hydrogen-bond donors (Lipinski definition) is 1. The minimum Gasteiger partial charge on any atom is -0.375 e. The number of likely N-dealkylation sites (tertiary alicyclic amines) is 2. The van der Waals surface area contributed by atoms with Crippen molar-refractivity contribution in [3.05, 3.63) is 30.1 Å². The van der Waals surface area contributed by atoms with Gasteiger partial charge in [0.25, 0.3) is 0 Å². The number of halogens is 1. The summed E-state index contributed by atoms with van der Waals surface area (Å²) in [4.78, 5) is 28.7. The zero-order valence-electron chi connectivity index (χ0n) is 16.0. The summed E-state index contributed by atoms with van der Waals surface area (Å²) >= 11 is 0. The molecule has 2 amide bonds. The molecule has 2 heterocycles. The molecule has 0 aromatic heterocycles. The molecule has 2 fully saturated rings. The van der Waals surface area contributed by atoms with Gasteiger partial charge < -0.3 is 19.9 Å². The van der Waals surface area contributed by atoms with E-state index in [1.54, 1.807) is 12.1 Å². The second-order valence-corrected chi connectivity index (χ2v) is 7.59. The molecule has 2 unspecified atom stereocenters. The molecule has 7 heteroatoms. The van der Waals surface area contributed by atoms with Gasteiger partial charge in [-0.25, -0.2) is 4.39 Å². The van der Waals surface area contributed by atoms with E-state index in [4.69, 9.17) is 4.74 Å². The maximum absolute atomic E-state index is 13.0. The number of carbonyl (C=O) groups is 2. The Balaban J connectivity index is 1.51. The molecule has 27 heavy (non-hydrogen) atoms. The average Bonchev–Trinajstić information content (AvgIpc) is 3.06. The van der Waals surface area contributed by atoms with Gasteiger partial charge in [0.2, 0.25) is 11.8 Å². The number of methoxy groups -OCH3 is 1. The molecular weight excluding hydrogens is 349 g/mol. The van der Waals surface area contributed by atoms with Crippen LogP contribution in [-0.4, -0.2) is 68.1 Å². The lowest BCUT2D eigenvalue weighted by Crippen LogP contribution is -2.44. The summed E-state index contributed by atoms with van der Waals surface area (Å²) in [5.41, 5.74) is 0.623. The number of rotatable bonds is 5. The maximum Gasteiger partial charge on any atom is 0.248 e. The molecule has 148 valence electrons. The van der Waals surface area contributed by atoms with Crippen molar-refractivity contribution in [3.63, 3.8) is 0 Å². The van der Waals surface area contributed by atoms with Crippen molar-refractivity contribution in [1.82, 2.24) is 9.80 Å². The first kappa shape index (κ1) is 19.8. The predicted octanol–water partition coefficient (Wildman–Crippen LogP) is 1.97. The summed E-state index contributed by atoms with van der Waals surface area (Å²) < 4.78 is 17.9. The Morgan fingerprint density at radius 1 is 1.22 bits per heavy atom. The molecule has 2 saturated heterocycles. The quantitative estimate of drug-likeness (QED) is 0.852. The van der Waals surface area contributed by atoms with Crippen LogP contribution in [0.1, 0.15) is 19.3 Å². The van der Waals surface area contributed by atoms with Crippen molar-refractivity contribution in [3.8, 4) is 0 Å². The highest BCUT2D eigenvalue weighted by Gasteiger charge is 2.39. The van der Waals surface area contributed by atoms with Crippen LogP contribution in [0.4, 0.5) is 10.1 Å². The fraction of sp³-hybridized carbons (Fsp3) is 0.600. The highest BCUT2D eigenvalue weighted by atomic mass is 19.1. The van der Waals surface area contributed by atoms with Gasteiger partial charge in [0.05, 0.1) is 5.92 Å². The van der Waals surface area contributed by atoms with Gasteiger partial charge in [-0.2, -0.15) is 0 Å². The summed E-state index contributed by atoms with van der Waals surface area (Å²) in [5.74, 6) is 0.142. The SMILES string of the molecule is COCC(=O)N1CCC(C2CC(C(=O)Nc3ccc(F)cc3)CN2C)CC1. The number of benzene rings is 1. The molecule has 3 rings (SSSR count). The molecular formula is C20H28FN3O3.